The molecule has 0 bridgehead atoms. The number of carbonyl (C=O) groups is 2. The fraction of sp³-hybridized carbons (Fsp3) is 0.176. The van der Waals surface area contributed by atoms with Crippen molar-refractivity contribution in [2.75, 3.05) is 16.9 Å². The first-order valence-corrected chi connectivity index (χ1v) is 8.28. The van der Waals surface area contributed by atoms with E-state index in [2.05, 4.69) is 25.6 Å². The molecule has 1 unspecified atom stereocenters. The van der Waals surface area contributed by atoms with E-state index in [1.807, 2.05) is 0 Å². The number of nitrogen functional groups attached to an aromatic ring is 2. The average Bonchev–Trinajstić information content (AvgIpc) is 2.67. The molecule has 0 fully saturated rings. The van der Waals surface area contributed by atoms with E-state index >= 15 is 0 Å². The number of rotatable bonds is 6. The Morgan fingerprint density at radius 3 is 2.59 bits per heavy atom. The maximum absolute atomic E-state index is 12.0. The summed E-state index contributed by atoms with van der Waals surface area (Å²) in [6, 6.07) is 5.46. The van der Waals surface area contributed by atoms with Gasteiger partial charge in [0.2, 0.25) is 0 Å². The minimum Gasteiger partial charge on any atom is -0.548 e. The predicted octanol–water partition coefficient (Wildman–Crippen LogP) is -4.91. The van der Waals surface area contributed by atoms with Gasteiger partial charge in [0.1, 0.15) is 11.9 Å². The molecular weight excluding hydrogens is 387 g/mol. The van der Waals surface area contributed by atoms with E-state index in [0.29, 0.717) is 29.0 Å². The van der Waals surface area contributed by atoms with E-state index < -0.39 is 17.9 Å². The first-order valence-electron chi connectivity index (χ1n) is 8.28. The molecule has 2 heterocycles. The van der Waals surface area contributed by atoms with Gasteiger partial charge < -0.3 is 26.3 Å². The van der Waals surface area contributed by atoms with E-state index in [1.54, 1.807) is 30.5 Å². The molecule has 0 spiro atoms. The van der Waals surface area contributed by atoms with Crippen LogP contribution in [-0.4, -0.2) is 32.9 Å². The zero-order chi connectivity index (χ0) is 20.3. The van der Waals surface area contributed by atoms with Crippen LogP contribution in [-0.2, 0) is 11.3 Å². The summed E-state index contributed by atoms with van der Waals surface area (Å²) in [5, 5.41) is 16.2. The average molecular weight is 405 g/mol. The molecule has 1 atom stereocenters. The maximum atomic E-state index is 12.0. The molecule has 2 aromatic heterocycles. The van der Waals surface area contributed by atoms with Gasteiger partial charge in [-0.15, -0.1) is 4.68 Å². The number of carbonyl (C=O) groups excluding carboxylic acids is 2. The summed E-state index contributed by atoms with van der Waals surface area (Å²) >= 11 is 0. The van der Waals surface area contributed by atoms with Crippen LogP contribution in [0.15, 0.2) is 36.7 Å². The predicted molar refractivity (Wildman–Crippen MR) is 97.8 cm³/mol. The first-order chi connectivity index (χ1) is 13.3. The summed E-state index contributed by atoms with van der Waals surface area (Å²) in [5.41, 5.74) is 8.18. The maximum Gasteiger partial charge on any atom is 1.00 e. The number of carboxylic acid groups (broad SMARTS) is 1. The van der Waals surface area contributed by atoms with Crippen LogP contribution in [0.4, 0.5) is 11.6 Å². The van der Waals surface area contributed by atoms with Crippen molar-refractivity contribution in [2.24, 2.45) is 0 Å². The van der Waals surface area contributed by atoms with Gasteiger partial charge in [0, 0.05) is 16.2 Å². The van der Waals surface area contributed by atoms with Gasteiger partial charge in [-0.3, -0.25) is 10.6 Å². The number of aromatic nitrogens is 4. The summed E-state index contributed by atoms with van der Waals surface area (Å²) in [5.74, 6) is 4.19. The Balaban J connectivity index is 0.00000300. The largest absolute Gasteiger partial charge is 1.00 e. The summed E-state index contributed by atoms with van der Waals surface area (Å²) in [6.45, 7) is 1.70. The van der Waals surface area contributed by atoms with Gasteiger partial charge in [0.05, 0.1) is 24.8 Å². The molecule has 0 aliphatic rings. The smallest absolute Gasteiger partial charge is 0.548 e. The summed E-state index contributed by atoms with van der Waals surface area (Å²) < 4.78 is 1.32. The number of hydrogen-bond acceptors (Lipinski definition) is 9. The number of nitrogens with zero attached hydrogens (tertiary/aromatic N) is 4. The van der Waals surface area contributed by atoms with Crippen molar-refractivity contribution in [3.8, 4) is 0 Å². The van der Waals surface area contributed by atoms with Crippen molar-refractivity contribution in [1.29, 1.82) is 0 Å². The quantitative estimate of drug-likeness (QED) is 0.178. The third-order valence-corrected chi connectivity index (χ3v) is 3.89. The van der Waals surface area contributed by atoms with Crippen LogP contribution in [0.1, 0.15) is 23.0 Å². The monoisotopic (exact) mass is 405 g/mol. The molecular formula is C17H18N8NaO3+. The van der Waals surface area contributed by atoms with Gasteiger partial charge in [0.15, 0.2) is 5.52 Å². The standard InChI is InChI=1S/C17H18N8O3.Na/c1-9(16(27)28)22-15(26)10-2-4-11(5-3-10)20-6-12-8-25(19)14-13(23-12)7-21-17(18)24-14;/h2-5,7-9,18H,6,19H2,1H3,(H3,20,22,26,27,28);/q;+1. The van der Waals surface area contributed by atoms with Crippen LogP contribution in [0.25, 0.3) is 11.2 Å². The number of carboxylic acids is 1. The number of nitrogens with two attached hydrogens (primary N) is 2. The van der Waals surface area contributed by atoms with Crippen molar-refractivity contribution in [3.05, 3.63) is 47.9 Å². The molecule has 12 heteroatoms. The topological polar surface area (TPSA) is 176 Å². The number of fused-ring (bicyclic) bond motifs is 1. The number of hydrogen-bond donors (Lipinski definition) is 4. The number of aliphatic carboxylic acids is 1. The zero-order valence-corrected chi connectivity index (χ0v) is 17.9. The summed E-state index contributed by atoms with van der Waals surface area (Å²) in [4.78, 5) is 35.0. The molecule has 0 aliphatic heterocycles. The molecule has 1 aromatic carbocycles. The Kier molecular flexibility index (Phi) is 7.26. The Morgan fingerprint density at radius 2 is 1.93 bits per heavy atom. The van der Waals surface area contributed by atoms with Crippen molar-refractivity contribution >= 4 is 34.7 Å². The summed E-state index contributed by atoms with van der Waals surface area (Å²) in [6.07, 6.45) is 3.11. The molecule has 0 aliphatic carbocycles. The second-order valence-electron chi connectivity index (χ2n) is 6.02. The third-order valence-electron chi connectivity index (χ3n) is 3.89. The zero-order valence-electron chi connectivity index (χ0n) is 15.9. The van der Waals surface area contributed by atoms with Gasteiger partial charge in [-0.05, 0) is 31.2 Å². The van der Waals surface area contributed by atoms with Crippen molar-refractivity contribution < 1.29 is 48.9 Å². The molecule has 1 amide bonds. The Bertz CT molecular complexity index is 1040. The molecule has 0 radical (unpaired) electrons. The molecule has 29 heavy (non-hydrogen) atoms. The van der Waals surface area contributed by atoms with Crippen LogP contribution >= 0.6 is 0 Å². The normalized spacial score (nSPS) is 11.3. The van der Waals surface area contributed by atoms with E-state index in [0.717, 1.165) is 5.69 Å². The molecule has 0 saturated carbocycles. The number of amides is 1. The minimum atomic E-state index is -1.35. The molecule has 3 rings (SSSR count). The number of benzene rings is 1. The van der Waals surface area contributed by atoms with Gasteiger partial charge in [-0.25, -0.2) is 4.98 Å². The Hall–Kier alpha value is -3.02. The molecule has 144 valence electrons. The third kappa shape index (κ3) is 5.50. The molecule has 6 N–H and O–H groups in total. The van der Waals surface area contributed by atoms with Crippen LogP contribution in [0.3, 0.4) is 0 Å². The van der Waals surface area contributed by atoms with Crippen molar-refractivity contribution in [1.82, 2.24) is 20.3 Å². The van der Waals surface area contributed by atoms with Gasteiger partial charge in [-0.2, -0.15) is 4.98 Å². The van der Waals surface area contributed by atoms with E-state index in [-0.39, 0.29) is 35.5 Å². The van der Waals surface area contributed by atoms with E-state index in [9.17, 15) is 14.7 Å². The van der Waals surface area contributed by atoms with Crippen LogP contribution in [0, 0.1) is 0 Å². The number of nitrogens with one attached hydrogen (secondary N) is 2. The fourth-order valence-electron chi connectivity index (χ4n) is 2.41. The first kappa shape index (κ1) is 22.3. The Labute approximate surface area is 187 Å². The second kappa shape index (κ2) is 9.45. The second-order valence-corrected chi connectivity index (χ2v) is 6.02. The molecule has 0 saturated heterocycles. The Morgan fingerprint density at radius 1 is 1.24 bits per heavy atom. The van der Waals surface area contributed by atoms with Crippen LogP contribution in [0.5, 0.6) is 0 Å². The van der Waals surface area contributed by atoms with E-state index in [4.69, 9.17) is 11.6 Å². The van der Waals surface area contributed by atoms with Crippen LogP contribution < -0.4 is 61.5 Å². The fourth-order valence-corrected chi connectivity index (χ4v) is 2.41. The van der Waals surface area contributed by atoms with Gasteiger partial charge >= 0.3 is 41.2 Å². The molecule has 3 aromatic rings. The van der Waals surface area contributed by atoms with Crippen molar-refractivity contribution in [3.63, 3.8) is 0 Å². The van der Waals surface area contributed by atoms with Crippen LogP contribution in [0.2, 0.25) is 0 Å². The number of anilines is 2. The van der Waals surface area contributed by atoms with Gasteiger partial charge in [0.25, 0.3) is 5.91 Å². The van der Waals surface area contributed by atoms with Crippen molar-refractivity contribution in [2.45, 2.75) is 19.5 Å². The molecule has 11 nitrogen and oxygen atoms in total. The summed E-state index contributed by atoms with van der Waals surface area (Å²) in [7, 11) is 0. The minimum absolute atomic E-state index is 0. The van der Waals surface area contributed by atoms with E-state index in [1.165, 1.54) is 17.8 Å². The van der Waals surface area contributed by atoms with Gasteiger partial charge in [-0.1, -0.05) is 0 Å². The SMILES string of the molecule is CC(NC(=O)c1ccc(NCc2c[n+](N)c3nc(N)ncc3n2)cc1)C(=O)[O-].[Na+].